The van der Waals surface area contributed by atoms with Crippen LogP contribution in [0.5, 0.6) is 0 Å². The van der Waals surface area contributed by atoms with Crippen LogP contribution < -0.4 is 5.32 Å². The molecule has 1 aliphatic rings. The summed E-state index contributed by atoms with van der Waals surface area (Å²) in [6, 6.07) is 16.3. The summed E-state index contributed by atoms with van der Waals surface area (Å²) in [4.78, 5) is 0. The first-order chi connectivity index (χ1) is 9.93. The third-order valence-corrected chi connectivity index (χ3v) is 4.26. The molecule has 1 aliphatic carbocycles. The summed E-state index contributed by atoms with van der Waals surface area (Å²) < 4.78 is 0. The molecule has 2 aromatic carbocycles. The molecule has 1 nitrogen and oxygen atoms in total. The summed E-state index contributed by atoms with van der Waals surface area (Å²) in [5.41, 5.74) is 1.51. The number of fused-ring (bicyclic) bond motifs is 1. The first kappa shape index (κ1) is 13.6. The molecule has 3 rings (SSSR count). The van der Waals surface area contributed by atoms with Crippen molar-refractivity contribution in [3.63, 3.8) is 0 Å². The van der Waals surface area contributed by atoms with Gasteiger partial charge in [0, 0.05) is 6.04 Å². The summed E-state index contributed by atoms with van der Waals surface area (Å²) in [6.07, 6.45) is 9.41. The van der Waals surface area contributed by atoms with Crippen LogP contribution in [-0.2, 0) is 6.42 Å². The zero-order valence-corrected chi connectivity index (χ0v) is 12.3. The largest absolute Gasteiger partial charge is 0.314 e. The van der Waals surface area contributed by atoms with Crippen molar-refractivity contribution in [1.82, 2.24) is 5.32 Å². The number of rotatable bonds is 8. The standard InChI is InChI=1S/C19H25N/c1(2-6-15-20-18-13-14-18)3-8-16-10-7-11-17-9-4-5-12-19(16)17/h4-5,7,9-12,18,20H,1-3,6,8,13-15H2. The lowest BCUT2D eigenvalue weighted by Gasteiger charge is -2.07. The number of hydrogen-bond acceptors (Lipinski definition) is 1. The van der Waals surface area contributed by atoms with Crippen molar-refractivity contribution < 1.29 is 0 Å². The van der Waals surface area contributed by atoms with Crippen LogP contribution in [-0.4, -0.2) is 12.6 Å². The van der Waals surface area contributed by atoms with E-state index in [9.17, 15) is 0 Å². The molecule has 1 heteroatoms. The maximum atomic E-state index is 3.59. The Hall–Kier alpha value is -1.34. The van der Waals surface area contributed by atoms with Gasteiger partial charge < -0.3 is 5.32 Å². The highest BCUT2D eigenvalue weighted by molar-refractivity contribution is 5.85. The number of benzene rings is 2. The molecule has 20 heavy (non-hydrogen) atoms. The highest BCUT2D eigenvalue weighted by Crippen LogP contribution is 2.21. The van der Waals surface area contributed by atoms with Crippen molar-refractivity contribution in [3.8, 4) is 0 Å². The minimum absolute atomic E-state index is 0.866. The van der Waals surface area contributed by atoms with E-state index >= 15 is 0 Å². The molecule has 0 spiro atoms. The van der Waals surface area contributed by atoms with Crippen molar-refractivity contribution in [2.24, 2.45) is 0 Å². The SMILES string of the molecule is c1ccc2c(CCCCCCNC3CC3)cccc2c1. The molecule has 106 valence electrons. The first-order valence-corrected chi connectivity index (χ1v) is 8.13. The van der Waals surface area contributed by atoms with E-state index in [1.807, 2.05) is 0 Å². The summed E-state index contributed by atoms with van der Waals surface area (Å²) in [5.74, 6) is 0. The monoisotopic (exact) mass is 267 g/mol. The van der Waals surface area contributed by atoms with E-state index in [-0.39, 0.29) is 0 Å². The van der Waals surface area contributed by atoms with Crippen molar-refractivity contribution in [1.29, 1.82) is 0 Å². The second kappa shape index (κ2) is 6.90. The minimum atomic E-state index is 0.866. The summed E-state index contributed by atoms with van der Waals surface area (Å²) in [6.45, 7) is 1.22. The predicted molar refractivity (Wildman–Crippen MR) is 87.1 cm³/mol. The molecular formula is C19H25N. The van der Waals surface area contributed by atoms with Crippen LogP contribution in [0.3, 0.4) is 0 Å². The summed E-state index contributed by atoms with van der Waals surface area (Å²) in [7, 11) is 0. The fraction of sp³-hybridized carbons (Fsp3) is 0.474. The first-order valence-electron chi connectivity index (χ1n) is 8.13. The van der Waals surface area contributed by atoms with E-state index in [2.05, 4.69) is 47.8 Å². The van der Waals surface area contributed by atoms with Crippen LogP contribution in [0.25, 0.3) is 10.8 Å². The van der Waals surface area contributed by atoms with Crippen LogP contribution in [0.1, 0.15) is 44.1 Å². The Morgan fingerprint density at radius 2 is 1.65 bits per heavy atom. The zero-order chi connectivity index (χ0) is 13.6. The lowest BCUT2D eigenvalue weighted by atomic mass is 9.99. The van der Waals surface area contributed by atoms with Gasteiger partial charge in [-0.1, -0.05) is 55.3 Å². The fourth-order valence-corrected chi connectivity index (χ4v) is 2.90. The summed E-state index contributed by atoms with van der Waals surface area (Å²) in [5, 5.41) is 6.40. The number of hydrogen-bond donors (Lipinski definition) is 1. The molecule has 0 aromatic heterocycles. The smallest absolute Gasteiger partial charge is 0.00682 e. The third kappa shape index (κ3) is 3.83. The maximum absolute atomic E-state index is 3.59. The average Bonchev–Trinajstić information content (AvgIpc) is 3.30. The van der Waals surface area contributed by atoms with Gasteiger partial charge in [-0.3, -0.25) is 0 Å². The molecule has 0 unspecified atom stereocenters. The van der Waals surface area contributed by atoms with Crippen LogP contribution >= 0.6 is 0 Å². The van der Waals surface area contributed by atoms with Gasteiger partial charge in [0.25, 0.3) is 0 Å². The van der Waals surface area contributed by atoms with Gasteiger partial charge >= 0.3 is 0 Å². The molecule has 0 heterocycles. The maximum Gasteiger partial charge on any atom is 0.00682 e. The quantitative estimate of drug-likeness (QED) is 0.684. The van der Waals surface area contributed by atoms with Gasteiger partial charge in [-0.05, 0) is 55.0 Å². The number of aryl methyl sites for hydroxylation is 1. The second-order valence-corrected chi connectivity index (χ2v) is 6.03. The normalized spacial score (nSPS) is 14.8. The Morgan fingerprint density at radius 3 is 2.55 bits per heavy atom. The molecule has 0 radical (unpaired) electrons. The van der Waals surface area contributed by atoms with Crippen molar-refractivity contribution in [2.45, 2.75) is 51.0 Å². The van der Waals surface area contributed by atoms with Crippen LogP contribution in [0, 0.1) is 0 Å². The Morgan fingerprint density at radius 1 is 0.850 bits per heavy atom. The fourth-order valence-electron chi connectivity index (χ4n) is 2.90. The molecule has 0 saturated heterocycles. The van der Waals surface area contributed by atoms with Crippen LogP contribution in [0.2, 0.25) is 0 Å². The third-order valence-electron chi connectivity index (χ3n) is 4.26. The van der Waals surface area contributed by atoms with Crippen LogP contribution in [0.4, 0.5) is 0 Å². The molecule has 0 bridgehead atoms. The van der Waals surface area contributed by atoms with E-state index in [4.69, 9.17) is 0 Å². The molecule has 1 N–H and O–H groups in total. The van der Waals surface area contributed by atoms with Gasteiger partial charge in [0.15, 0.2) is 0 Å². The second-order valence-electron chi connectivity index (χ2n) is 6.03. The Labute approximate surface area is 122 Å². The van der Waals surface area contributed by atoms with Crippen LogP contribution in [0.15, 0.2) is 42.5 Å². The average molecular weight is 267 g/mol. The van der Waals surface area contributed by atoms with E-state index < -0.39 is 0 Å². The highest BCUT2D eigenvalue weighted by atomic mass is 14.9. The molecule has 1 saturated carbocycles. The molecule has 2 aromatic rings. The molecule has 0 aliphatic heterocycles. The van der Waals surface area contributed by atoms with Crippen molar-refractivity contribution in [3.05, 3.63) is 48.0 Å². The van der Waals surface area contributed by atoms with Gasteiger partial charge in [0.05, 0.1) is 0 Å². The number of nitrogens with one attached hydrogen (secondary N) is 1. The molecule has 0 atom stereocenters. The summed E-state index contributed by atoms with van der Waals surface area (Å²) >= 11 is 0. The minimum Gasteiger partial charge on any atom is -0.314 e. The van der Waals surface area contributed by atoms with Gasteiger partial charge in [-0.2, -0.15) is 0 Å². The molecular weight excluding hydrogens is 242 g/mol. The topological polar surface area (TPSA) is 12.0 Å². The van der Waals surface area contributed by atoms with Crippen molar-refractivity contribution >= 4 is 10.8 Å². The van der Waals surface area contributed by atoms with Gasteiger partial charge in [0.2, 0.25) is 0 Å². The number of unbranched alkanes of at least 4 members (excludes halogenated alkanes) is 3. The van der Waals surface area contributed by atoms with Gasteiger partial charge in [-0.15, -0.1) is 0 Å². The van der Waals surface area contributed by atoms with Crippen molar-refractivity contribution in [2.75, 3.05) is 6.54 Å². The lowest BCUT2D eigenvalue weighted by Crippen LogP contribution is -2.17. The highest BCUT2D eigenvalue weighted by Gasteiger charge is 2.19. The van der Waals surface area contributed by atoms with E-state index in [1.54, 1.807) is 0 Å². The Kier molecular flexibility index (Phi) is 4.70. The van der Waals surface area contributed by atoms with Gasteiger partial charge in [0.1, 0.15) is 0 Å². The lowest BCUT2D eigenvalue weighted by molar-refractivity contribution is 0.586. The van der Waals surface area contributed by atoms with E-state index in [0.29, 0.717) is 0 Å². The predicted octanol–water partition coefficient (Wildman–Crippen LogP) is 4.69. The zero-order valence-electron chi connectivity index (χ0n) is 12.3. The Bertz CT molecular complexity index is 537. The Balaban J connectivity index is 1.40. The molecule has 1 fully saturated rings. The molecule has 0 amide bonds. The van der Waals surface area contributed by atoms with E-state index in [1.165, 1.54) is 67.8 Å². The van der Waals surface area contributed by atoms with E-state index in [0.717, 1.165) is 6.04 Å². The van der Waals surface area contributed by atoms with Gasteiger partial charge in [-0.25, -0.2) is 0 Å².